The first-order valence-electron chi connectivity index (χ1n) is 5.08. The molecule has 0 amide bonds. The molecule has 1 rings (SSSR count). The molecule has 0 saturated carbocycles. The Bertz CT molecular complexity index is 363. The van der Waals surface area contributed by atoms with Crippen molar-refractivity contribution in [1.82, 2.24) is 5.32 Å². The number of aliphatic hydroxyl groups is 3. The van der Waals surface area contributed by atoms with Crippen molar-refractivity contribution in [1.29, 1.82) is 0 Å². The summed E-state index contributed by atoms with van der Waals surface area (Å²) in [7, 11) is 0. The second-order valence-electron chi connectivity index (χ2n) is 3.84. The first-order chi connectivity index (χ1) is 8.06. The van der Waals surface area contributed by atoms with E-state index >= 15 is 0 Å². The number of halogens is 2. The fourth-order valence-electron chi connectivity index (χ4n) is 1.27. The van der Waals surface area contributed by atoms with Crippen molar-refractivity contribution < 1.29 is 19.7 Å². The average molecular weight is 308 g/mol. The highest BCUT2D eigenvalue weighted by Gasteiger charge is 2.27. The average Bonchev–Trinajstić information content (AvgIpc) is 2.33. The van der Waals surface area contributed by atoms with Crippen LogP contribution in [0.4, 0.5) is 4.39 Å². The van der Waals surface area contributed by atoms with Crippen molar-refractivity contribution >= 4 is 15.9 Å². The third-order valence-electron chi connectivity index (χ3n) is 2.58. The van der Waals surface area contributed by atoms with Crippen molar-refractivity contribution in [3.8, 4) is 0 Å². The van der Waals surface area contributed by atoms with E-state index in [0.29, 0.717) is 10.0 Å². The summed E-state index contributed by atoms with van der Waals surface area (Å²) in [6.07, 6.45) is 0. The summed E-state index contributed by atoms with van der Waals surface area (Å²) >= 11 is 3.15. The van der Waals surface area contributed by atoms with Crippen LogP contribution in [0.1, 0.15) is 5.56 Å². The number of aliphatic hydroxyl groups excluding tert-OH is 3. The van der Waals surface area contributed by atoms with Crippen molar-refractivity contribution in [2.75, 3.05) is 19.8 Å². The minimum absolute atomic E-state index is 0.112. The molecule has 0 saturated heterocycles. The molecule has 0 unspecified atom stereocenters. The number of nitrogens with one attached hydrogen (secondary N) is 1. The topological polar surface area (TPSA) is 72.7 Å². The monoisotopic (exact) mass is 307 g/mol. The van der Waals surface area contributed by atoms with Gasteiger partial charge >= 0.3 is 0 Å². The standard InChI is InChI=1S/C11H15BrFNO3/c12-9-2-1-8(10(13)3-9)4-14-11(5-15,6-16)7-17/h1-3,14-17H,4-7H2. The molecule has 4 nitrogen and oxygen atoms in total. The molecule has 0 radical (unpaired) electrons. The van der Waals surface area contributed by atoms with E-state index < -0.39 is 31.2 Å². The lowest BCUT2D eigenvalue weighted by molar-refractivity contribution is 0.0412. The summed E-state index contributed by atoms with van der Waals surface area (Å²) in [5.41, 5.74) is -0.799. The highest BCUT2D eigenvalue weighted by molar-refractivity contribution is 9.10. The molecule has 0 heterocycles. The molecule has 6 heteroatoms. The maximum absolute atomic E-state index is 13.5. The summed E-state index contributed by atoms with van der Waals surface area (Å²) in [4.78, 5) is 0. The molecule has 0 aromatic heterocycles. The van der Waals surface area contributed by atoms with Gasteiger partial charge in [-0.15, -0.1) is 0 Å². The van der Waals surface area contributed by atoms with Crippen molar-refractivity contribution in [3.05, 3.63) is 34.1 Å². The second kappa shape index (κ2) is 6.42. The van der Waals surface area contributed by atoms with E-state index in [-0.39, 0.29) is 6.54 Å². The number of hydrogen-bond donors (Lipinski definition) is 4. The summed E-state index contributed by atoms with van der Waals surface area (Å²) in [6, 6.07) is 4.61. The second-order valence-corrected chi connectivity index (χ2v) is 4.76. The quantitative estimate of drug-likeness (QED) is 0.614. The van der Waals surface area contributed by atoms with Gasteiger partial charge in [-0.25, -0.2) is 4.39 Å². The molecule has 17 heavy (non-hydrogen) atoms. The van der Waals surface area contributed by atoms with Crippen LogP contribution in [0.5, 0.6) is 0 Å². The Hall–Kier alpha value is -0.530. The maximum Gasteiger partial charge on any atom is 0.128 e. The van der Waals surface area contributed by atoms with Gasteiger partial charge in [-0.2, -0.15) is 0 Å². The predicted molar refractivity (Wildman–Crippen MR) is 64.9 cm³/mol. The Labute approximate surface area is 107 Å². The first-order valence-corrected chi connectivity index (χ1v) is 5.88. The molecule has 4 N–H and O–H groups in total. The number of rotatable bonds is 6. The van der Waals surface area contributed by atoms with Crippen LogP contribution in [0.15, 0.2) is 22.7 Å². The summed E-state index contributed by atoms with van der Waals surface area (Å²) in [6.45, 7) is -1.19. The Morgan fingerprint density at radius 3 is 2.24 bits per heavy atom. The highest BCUT2D eigenvalue weighted by atomic mass is 79.9. The molecule has 0 bridgehead atoms. The van der Waals surface area contributed by atoms with Crippen molar-refractivity contribution in [3.63, 3.8) is 0 Å². The molecule has 0 aliphatic heterocycles. The third kappa shape index (κ3) is 3.72. The minimum atomic E-state index is -1.19. The van der Waals surface area contributed by atoms with Gasteiger partial charge in [-0.3, -0.25) is 0 Å². The summed E-state index contributed by atoms with van der Waals surface area (Å²) in [5.74, 6) is -0.394. The van der Waals surface area contributed by atoms with Crippen LogP contribution >= 0.6 is 15.9 Å². The zero-order valence-electron chi connectivity index (χ0n) is 9.16. The molecule has 0 fully saturated rings. The van der Waals surface area contributed by atoms with Crippen LogP contribution in [0.2, 0.25) is 0 Å². The Morgan fingerprint density at radius 1 is 1.18 bits per heavy atom. The zero-order chi connectivity index (χ0) is 12.9. The van der Waals surface area contributed by atoms with Gasteiger partial charge in [0.25, 0.3) is 0 Å². The molecule has 0 aliphatic carbocycles. The minimum Gasteiger partial charge on any atom is -0.394 e. The lowest BCUT2D eigenvalue weighted by Gasteiger charge is -2.28. The van der Waals surface area contributed by atoms with E-state index in [1.54, 1.807) is 12.1 Å². The van der Waals surface area contributed by atoms with Gasteiger partial charge < -0.3 is 20.6 Å². The van der Waals surface area contributed by atoms with Gasteiger partial charge in [-0.1, -0.05) is 22.0 Å². The van der Waals surface area contributed by atoms with Gasteiger partial charge in [0.05, 0.1) is 25.4 Å². The van der Waals surface area contributed by atoms with E-state index in [2.05, 4.69) is 21.2 Å². The third-order valence-corrected chi connectivity index (χ3v) is 3.07. The highest BCUT2D eigenvalue weighted by Crippen LogP contribution is 2.16. The van der Waals surface area contributed by atoms with Gasteiger partial charge in [-0.05, 0) is 12.1 Å². The number of hydrogen-bond acceptors (Lipinski definition) is 4. The zero-order valence-corrected chi connectivity index (χ0v) is 10.7. The normalized spacial score (nSPS) is 11.8. The van der Waals surface area contributed by atoms with Gasteiger partial charge in [0.1, 0.15) is 5.82 Å². The molecule has 1 aromatic rings. The van der Waals surface area contributed by atoms with Crippen LogP contribution in [0.3, 0.4) is 0 Å². The van der Waals surface area contributed by atoms with Crippen molar-refractivity contribution in [2.24, 2.45) is 0 Å². The molecule has 0 spiro atoms. The Morgan fingerprint density at radius 2 is 1.76 bits per heavy atom. The Kier molecular flexibility index (Phi) is 5.48. The lowest BCUT2D eigenvalue weighted by Crippen LogP contribution is -2.54. The molecule has 96 valence electrons. The fourth-order valence-corrected chi connectivity index (χ4v) is 1.60. The lowest BCUT2D eigenvalue weighted by atomic mass is 10.0. The van der Waals surface area contributed by atoms with Crippen LogP contribution in [0, 0.1) is 5.82 Å². The maximum atomic E-state index is 13.5. The number of benzene rings is 1. The molecule has 0 atom stereocenters. The van der Waals surface area contributed by atoms with E-state index in [0.717, 1.165) is 0 Å². The molecule has 0 aliphatic rings. The smallest absolute Gasteiger partial charge is 0.128 e. The summed E-state index contributed by atoms with van der Waals surface area (Å²) < 4.78 is 14.1. The van der Waals surface area contributed by atoms with Crippen LogP contribution in [-0.4, -0.2) is 40.7 Å². The van der Waals surface area contributed by atoms with E-state index in [4.69, 9.17) is 15.3 Å². The summed E-state index contributed by atoms with van der Waals surface area (Å²) in [5, 5.41) is 30.0. The van der Waals surface area contributed by atoms with Gasteiger partial charge in [0.15, 0.2) is 0 Å². The largest absolute Gasteiger partial charge is 0.394 e. The predicted octanol–water partition coefficient (Wildman–Crippen LogP) is 0.394. The van der Waals surface area contributed by atoms with Crippen LogP contribution < -0.4 is 5.32 Å². The van der Waals surface area contributed by atoms with E-state index in [1.165, 1.54) is 6.07 Å². The van der Waals surface area contributed by atoms with E-state index in [9.17, 15) is 4.39 Å². The molecular weight excluding hydrogens is 293 g/mol. The SMILES string of the molecule is OCC(CO)(CO)NCc1ccc(Br)cc1F. The van der Waals surface area contributed by atoms with Crippen molar-refractivity contribution in [2.45, 2.75) is 12.1 Å². The fraction of sp³-hybridized carbons (Fsp3) is 0.455. The van der Waals surface area contributed by atoms with Gasteiger partial charge in [0.2, 0.25) is 0 Å². The van der Waals surface area contributed by atoms with Gasteiger partial charge in [0, 0.05) is 16.6 Å². The molecular formula is C11H15BrFNO3. The van der Waals surface area contributed by atoms with E-state index in [1.807, 2.05) is 0 Å². The van der Waals surface area contributed by atoms with Crippen LogP contribution in [0.25, 0.3) is 0 Å². The Balaban J connectivity index is 2.72. The molecule has 1 aromatic carbocycles. The first kappa shape index (κ1) is 14.5. The van der Waals surface area contributed by atoms with Crippen LogP contribution in [-0.2, 0) is 6.54 Å².